The van der Waals surface area contributed by atoms with E-state index >= 15 is 0 Å². The Balaban J connectivity index is 1.90. The van der Waals surface area contributed by atoms with Gasteiger partial charge in [0.15, 0.2) is 12.6 Å². The molecule has 2 saturated carbocycles. The molecule has 2 unspecified atom stereocenters. The minimum absolute atomic E-state index is 0.0434. The molecule has 1 spiro atoms. The van der Waals surface area contributed by atoms with Crippen LogP contribution in [-0.4, -0.2) is 45.7 Å². The fourth-order valence-electron chi connectivity index (χ4n) is 6.89. The minimum atomic E-state index is -0.884. The predicted octanol–water partition coefficient (Wildman–Crippen LogP) is 2.90. The Morgan fingerprint density at radius 2 is 1.83 bits per heavy atom. The molecule has 0 saturated heterocycles. The van der Waals surface area contributed by atoms with E-state index in [0.717, 1.165) is 12.8 Å². The van der Waals surface area contributed by atoms with Crippen molar-refractivity contribution < 1.29 is 29.6 Å². The molecule has 2 aliphatic carbocycles. The molecule has 3 aliphatic rings. The summed E-state index contributed by atoms with van der Waals surface area (Å²) >= 11 is 0. The topological polar surface area (TPSA) is 104 Å². The van der Waals surface area contributed by atoms with E-state index in [-0.39, 0.29) is 34.5 Å². The summed E-state index contributed by atoms with van der Waals surface area (Å²) in [7, 11) is 0. The van der Waals surface area contributed by atoms with Gasteiger partial charge < -0.3 is 20.1 Å². The Morgan fingerprint density at radius 3 is 2.45 bits per heavy atom. The SMILES string of the molecule is C[C@@H]1CCC2C(C)(C)[C@H](O)[C@H](O)C[C@]2(C)C12Cc1c(O)cc(C=O)c(C=O)c1O2. The van der Waals surface area contributed by atoms with Crippen LogP contribution in [0, 0.1) is 22.7 Å². The quantitative estimate of drug-likeness (QED) is 0.657. The number of phenols is 1. The average molecular weight is 402 g/mol. The third-order valence-corrected chi connectivity index (χ3v) is 8.48. The highest BCUT2D eigenvalue weighted by molar-refractivity contribution is 5.95. The van der Waals surface area contributed by atoms with Crippen molar-refractivity contribution in [1.29, 1.82) is 0 Å². The van der Waals surface area contributed by atoms with E-state index in [1.807, 2.05) is 13.8 Å². The molecule has 0 amide bonds. The Hall–Kier alpha value is -1.92. The number of aliphatic hydroxyl groups is 2. The van der Waals surface area contributed by atoms with Gasteiger partial charge in [-0.05, 0) is 42.6 Å². The lowest BCUT2D eigenvalue weighted by atomic mass is 9.43. The number of phenolic OH excluding ortho intramolecular Hbond substituents is 1. The Morgan fingerprint density at radius 1 is 1.14 bits per heavy atom. The highest BCUT2D eigenvalue weighted by Crippen LogP contribution is 2.66. The van der Waals surface area contributed by atoms with Crippen LogP contribution in [0.4, 0.5) is 0 Å². The third kappa shape index (κ3) is 2.42. The highest BCUT2D eigenvalue weighted by atomic mass is 16.5. The second-order valence-electron chi connectivity index (χ2n) is 10.1. The van der Waals surface area contributed by atoms with E-state index in [1.54, 1.807) is 0 Å². The first-order valence-corrected chi connectivity index (χ1v) is 10.4. The van der Waals surface area contributed by atoms with Crippen molar-refractivity contribution in [1.82, 2.24) is 0 Å². The van der Waals surface area contributed by atoms with Crippen molar-refractivity contribution in [3.05, 3.63) is 22.8 Å². The van der Waals surface area contributed by atoms with E-state index in [4.69, 9.17) is 4.74 Å². The van der Waals surface area contributed by atoms with Crippen LogP contribution >= 0.6 is 0 Å². The van der Waals surface area contributed by atoms with Crippen LogP contribution in [0.5, 0.6) is 11.5 Å². The van der Waals surface area contributed by atoms with Crippen molar-refractivity contribution in [2.24, 2.45) is 22.7 Å². The standard InChI is InChI=1S/C23H30O6/c1-12-5-6-18-21(2,3)20(28)17(27)9-22(18,4)23(12)8-14-16(26)7-13(10-24)15(11-25)19(14)29-23/h7,10-12,17-18,20,26-28H,5-6,8-9H2,1-4H3/t12-,17-,18?,20-,22+,23?/m1/s1. The van der Waals surface area contributed by atoms with Gasteiger partial charge in [0.05, 0.1) is 17.8 Å². The van der Waals surface area contributed by atoms with E-state index in [2.05, 4.69) is 13.8 Å². The van der Waals surface area contributed by atoms with Gasteiger partial charge in [0.25, 0.3) is 0 Å². The van der Waals surface area contributed by atoms with E-state index in [0.29, 0.717) is 31.0 Å². The minimum Gasteiger partial charge on any atom is -0.508 e. The Labute approximate surface area is 170 Å². The van der Waals surface area contributed by atoms with Crippen LogP contribution in [0.1, 0.15) is 73.2 Å². The lowest BCUT2D eigenvalue weighted by Gasteiger charge is -2.64. The molecule has 6 heteroatoms. The zero-order valence-electron chi connectivity index (χ0n) is 17.4. The van der Waals surface area contributed by atoms with Gasteiger partial charge in [-0.1, -0.05) is 27.7 Å². The Kier molecular flexibility index (Phi) is 4.41. The molecule has 1 aliphatic heterocycles. The summed E-state index contributed by atoms with van der Waals surface area (Å²) in [5.74, 6) is 0.437. The number of fused-ring (bicyclic) bond motifs is 3. The molecule has 29 heavy (non-hydrogen) atoms. The number of carbonyl (C=O) groups is 2. The summed E-state index contributed by atoms with van der Waals surface area (Å²) in [6.07, 6.45) is 2.01. The molecular weight excluding hydrogens is 372 g/mol. The number of benzene rings is 1. The Bertz CT molecular complexity index is 877. The normalized spacial score (nSPS) is 40.1. The van der Waals surface area contributed by atoms with E-state index in [9.17, 15) is 24.9 Å². The zero-order valence-corrected chi connectivity index (χ0v) is 17.4. The molecule has 158 valence electrons. The number of rotatable bonds is 2. The van der Waals surface area contributed by atoms with Crippen LogP contribution in [0.2, 0.25) is 0 Å². The first-order valence-electron chi connectivity index (χ1n) is 10.4. The maximum Gasteiger partial charge on any atom is 0.154 e. The first-order chi connectivity index (χ1) is 13.5. The van der Waals surface area contributed by atoms with Crippen molar-refractivity contribution in [2.75, 3.05) is 0 Å². The van der Waals surface area contributed by atoms with Crippen LogP contribution in [0.15, 0.2) is 6.07 Å². The van der Waals surface area contributed by atoms with E-state index < -0.39 is 28.6 Å². The summed E-state index contributed by atoms with van der Waals surface area (Å²) in [6, 6.07) is 1.33. The number of aldehydes is 2. The van der Waals surface area contributed by atoms with Crippen LogP contribution < -0.4 is 4.74 Å². The lowest BCUT2D eigenvalue weighted by molar-refractivity contribution is -0.240. The maximum absolute atomic E-state index is 11.8. The molecule has 1 aromatic rings. The zero-order chi connectivity index (χ0) is 21.4. The van der Waals surface area contributed by atoms with Crippen molar-refractivity contribution >= 4 is 12.6 Å². The monoisotopic (exact) mass is 402 g/mol. The fraction of sp³-hybridized carbons (Fsp3) is 0.652. The maximum atomic E-state index is 11.8. The summed E-state index contributed by atoms with van der Waals surface area (Å²) in [5, 5.41) is 32.0. The molecule has 3 N–H and O–H groups in total. The van der Waals surface area contributed by atoms with E-state index in [1.165, 1.54) is 6.07 Å². The highest BCUT2D eigenvalue weighted by Gasteiger charge is 2.68. The number of aromatic hydroxyl groups is 1. The van der Waals surface area contributed by atoms with Gasteiger partial charge in [-0.15, -0.1) is 0 Å². The lowest BCUT2D eigenvalue weighted by Crippen LogP contribution is -2.69. The second-order valence-corrected chi connectivity index (χ2v) is 10.1. The molecule has 6 nitrogen and oxygen atoms in total. The number of hydrogen-bond donors (Lipinski definition) is 3. The second kappa shape index (κ2) is 6.29. The summed E-state index contributed by atoms with van der Waals surface area (Å²) in [4.78, 5) is 23.2. The van der Waals surface area contributed by atoms with Crippen molar-refractivity contribution in [2.45, 2.75) is 71.2 Å². The van der Waals surface area contributed by atoms with Gasteiger partial charge in [0, 0.05) is 23.0 Å². The third-order valence-electron chi connectivity index (χ3n) is 8.48. The summed E-state index contributed by atoms with van der Waals surface area (Å²) in [5.41, 5.74) is -0.921. The number of carbonyl (C=O) groups excluding carboxylic acids is 2. The van der Waals surface area contributed by atoms with Gasteiger partial charge in [0.2, 0.25) is 0 Å². The van der Waals surface area contributed by atoms with Crippen LogP contribution in [0.3, 0.4) is 0 Å². The molecule has 6 atom stereocenters. The number of aliphatic hydroxyl groups excluding tert-OH is 2. The molecule has 1 heterocycles. The molecule has 2 fully saturated rings. The van der Waals surface area contributed by atoms with Crippen molar-refractivity contribution in [3.63, 3.8) is 0 Å². The molecule has 0 aromatic heterocycles. The first kappa shape index (κ1) is 20.4. The number of ether oxygens (including phenoxy) is 1. The van der Waals surface area contributed by atoms with Crippen molar-refractivity contribution in [3.8, 4) is 11.5 Å². The summed E-state index contributed by atoms with van der Waals surface area (Å²) in [6.45, 7) is 8.20. The average Bonchev–Trinajstić information content (AvgIpc) is 3.07. The van der Waals surface area contributed by atoms with Crippen LogP contribution in [-0.2, 0) is 6.42 Å². The van der Waals surface area contributed by atoms with Gasteiger partial charge in [-0.2, -0.15) is 0 Å². The largest absolute Gasteiger partial charge is 0.508 e. The smallest absolute Gasteiger partial charge is 0.154 e. The fourth-order valence-corrected chi connectivity index (χ4v) is 6.89. The molecule has 0 radical (unpaired) electrons. The van der Waals surface area contributed by atoms with Gasteiger partial charge in [-0.3, -0.25) is 9.59 Å². The van der Waals surface area contributed by atoms with Gasteiger partial charge in [-0.25, -0.2) is 0 Å². The number of hydrogen-bond acceptors (Lipinski definition) is 6. The molecular formula is C23H30O6. The summed E-state index contributed by atoms with van der Waals surface area (Å²) < 4.78 is 6.60. The van der Waals surface area contributed by atoms with Crippen LogP contribution in [0.25, 0.3) is 0 Å². The predicted molar refractivity (Wildman–Crippen MR) is 106 cm³/mol. The molecule has 0 bridgehead atoms. The van der Waals surface area contributed by atoms with Gasteiger partial charge >= 0.3 is 0 Å². The van der Waals surface area contributed by atoms with Gasteiger partial charge in [0.1, 0.15) is 17.1 Å². The molecule has 1 aromatic carbocycles. The molecule has 4 rings (SSSR count).